The number of rotatable bonds is 11. The normalized spacial score (nSPS) is 11.0. The number of hydrogen-bond donors (Lipinski definition) is 1. The van der Waals surface area contributed by atoms with E-state index in [-0.39, 0.29) is 25.4 Å². The van der Waals surface area contributed by atoms with E-state index in [1.165, 1.54) is 11.3 Å². The molecule has 30 heavy (non-hydrogen) atoms. The third-order valence-electron chi connectivity index (χ3n) is 4.41. The first-order chi connectivity index (χ1) is 14.6. The van der Waals surface area contributed by atoms with Gasteiger partial charge < -0.3 is 15.1 Å². The van der Waals surface area contributed by atoms with Crippen molar-refractivity contribution in [2.75, 3.05) is 24.5 Å². The molecule has 158 valence electrons. The topological polar surface area (TPSA) is 106 Å². The van der Waals surface area contributed by atoms with Gasteiger partial charge in [0.2, 0.25) is 17.7 Å². The minimum atomic E-state index is -0.443. The lowest BCUT2D eigenvalue weighted by Crippen LogP contribution is -2.42. The van der Waals surface area contributed by atoms with Gasteiger partial charge in [0.05, 0.1) is 18.0 Å². The molecule has 0 saturated heterocycles. The van der Waals surface area contributed by atoms with Crippen LogP contribution in [0.4, 0.5) is 5.69 Å². The molecule has 0 fully saturated rings. The fraction of sp³-hybridized carbons (Fsp3) is 0.333. The number of hydrogen-bond acceptors (Lipinski definition) is 7. The maximum atomic E-state index is 13.1. The summed E-state index contributed by atoms with van der Waals surface area (Å²) >= 11 is 1.53. The van der Waals surface area contributed by atoms with Gasteiger partial charge in [-0.15, -0.1) is 21.5 Å². The second kappa shape index (κ2) is 10.7. The number of benzene rings is 1. The Morgan fingerprint density at radius 3 is 2.57 bits per heavy atom. The van der Waals surface area contributed by atoms with Crippen molar-refractivity contribution in [3.05, 3.63) is 53.7 Å². The Balaban J connectivity index is 1.70. The first-order valence-electron chi connectivity index (χ1n) is 9.79. The fourth-order valence-corrected chi connectivity index (χ4v) is 3.69. The Hall–Kier alpha value is -3.04. The second-order valence-electron chi connectivity index (χ2n) is 6.79. The maximum absolute atomic E-state index is 13.1. The number of anilines is 1. The number of nitrogens with zero attached hydrogens (tertiary/aromatic N) is 4. The van der Waals surface area contributed by atoms with E-state index >= 15 is 0 Å². The average Bonchev–Trinajstić information content (AvgIpc) is 3.41. The Bertz CT molecular complexity index is 943. The predicted octanol–water partition coefficient (Wildman–Crippen LogP) is 2.92. The zero-order valence-corrected chi connectivity index (χ0v) is 17.7. The summed E-state index contributed by atoms with van der Waals surface area (Å²) in [6.07, 6.45) is 0.966. The quantitative estimate of drug-likeness (QED) is 0.504. The number of primary amides is 1. The minimum Gasteiger partial charge on any atom is -0.419 e. The highest BCUT2D eigenvalue weighted by Crippen LogP contribution is 2.23. The summed E-state index contributed by atoms with van der Waals surface area (Å²) in [6, 6.07) is 13.1. The van der Waals surface area contributed by atoms with Crippen LogP contribution in [-0.4, -0.2) is 46.5 Å². The molecule has 8 nitrogen and oxygen atoms in total. The summed E-state index contributed by atoms with van der Waals surface area (Å²) in [6.45, 7) is 3.52. The second-order valence-corrected chi connectivity index (χ2v) is 7.73. The van der Waals surface area contributed by atoms with Crippen LogP contribution >= 0.6 is 11.3 Å². The molecule has 9 heteroatoms. The molecule has 0 aliphatic rings. The lowest BCUT2D eigenvalue weighted by atomic mass is 10.2. The summed E-state index contributed by atoms with van der Waals surface area (Å²) in [7, 11) is 0. The largest absolute Gasteiger partial charge is 0.419 e. The van der Waals surface area contributed by atoms with Crippen LogP contribution in [-0.2, 0) is 16.1 Å². The molecule has 1 aromatic carbocycles. The summed E-state index contributed by atoms with van der Waals surface area (Å²) in [5.74, 6) is 0.383. The van der Waals surface area contributed by atoms with Crippen molar-refractivity contribution in [3.63, 3.8) is 0 Å². The lowest BCUT2D eigenvalue weighted by molar-refractivity contribution is -0.120. The highest BCUT2D eigenvalue weighted by molar-refractivity contribution is 7.13. The number of para-hydroxylation sites is 1. The van der Waals surface area contributed by atoms with E-state index in [4.69, 9.17) is 10.2 Å². The van der Waals surface area contributed by atoms with E-state index in [1.807, 2.05) is 59.7 Å². The van der Waals surface area contributed by atoms with Crippen LogP contribution in [0.1, 0.15) is 25.7 Å². The number of amides is 2. The van der Waals surface area contributed by atoms with Gasteiger partial charge in [-0.05, 0) is 36.5 Å². The Kier molecular flexibility index (Phi) is 7.69. The summed E-state index contributed by atoms with van der Waals surface area (Å²) < 4.78 is 5.77. The van der Waals surface area contributed by atoms with Crippen molar-refractivity contribution in [1.82, 2.24) is 15.1 Å². The monoisotopic (exact) mass is 427 g/mol. The fourth-order valence-electron chi connectivity index (χ4n) is 3.04. The lowest BCUT2D eigenvalue weighted by Gasteiger charge is -2.26. The number of aromatic nitrogens is 2. The van der Waals surface area contributed by atoms with Gasteiger partial charge in [-0.1, -0.05) is 31.2 Å². The highest BCUT2D eigenvalue weighted by Gasteiger charge is 2.21. The molecule has 3 rings (SSSR count). The van der Waals surface area contributed by atoms with Gasteiger partial charge in [0.25, 0.3) is 5.89 Å². The first kappa shape index (κ1) is 21.7. The van der Waals surface area contributed by atoms with Crippen LogP contribution < -0.4 is 10.6 Å². The van der Waals surface area contributed by atoms with Crippen molar-refractivity contribution >= 4 is 28.8 Å². The molecule has 3 aromatic rings. The zero-order chi connectivity index (χ0) is 21.3. The van der Waals surface area contributed by atoms with Gasteiger partial charge in [0.15, 0.2) is 0 Å². The Morgan fingerprint density at radius 1 is 1.10 bits per heavy atom. The van der Waals surface area contributed by atoms with E-state index in [2.05, 4.69) is 10.2 Å². The van der Waals surface area contributed by atoms with E-state index in [1.54, 1.807) is 4.90 Å². The molecule has 0 aliphatic heterocycles. The van der Waals surface area contributed by atoms with E-state index in [0.717, 1.165) is 17.0 Å². The molecule has 0 atom stereocenters. The summed E-state index contributed by atoms with van der Waals surface area (Å²) in [5.41, 5.74) is 6.03. The third kappa shape index (κ3) is 5.98. The molecule has 0 unspecified atom stereocenters. The van der Waals surface area contributed by atoms with Gasteiger partial charge in [0, 0.05) is 18.7 Å². The van der Waals surface area contributed by atoms with Gasteiger partial charge >= 0.3 is 0 Å². The highest BCUT2D eigenvalue weighted by atomic mass is 32.1. The standard InChI is InChI=1S/C21H25N5O3S/c1-2-11-25(14-19-23-24-21(29-19)17-9-6-13-30-17)15-20(28)26(12-10-18(22)27)16-7-4-3-5-8-16/h3-9,13H,2,10-12,14-15H2,1H3,(H2,22,27). The predicted molar refractivity (Wildman–Crippen MR) is 116 cm³/mol. The van der Waals surface area contributed by atoms with Crippen LogP contribution in [0.15, 0.2) is 52.3 Å². The van der Waals surface area contributed by atoms with Crippen LogP contribution in [0.5, 0.6) is 0 Å². The van der Waals surface area contributed by atoms with Crippen LogP contribution in [0.25, 0.3) is 10.8 Å². The number of nitrogens with two attached hydrogens (primary N) is 1. The molecule has 0 spiro atoms. The molecule has 2 amide bonds. The summed E-state index contributed by atoms with van der Waals surface area (Å²) in [4.78, 5) is 28.8. The number of carbonyl (C=O) groups is 2. The molecule has 0 saturated carbocycles. The van der Waals surface area contributed by atoms with Gasteiger partial charge in [-0.3, -0.25) is 14.5 Å². The Morgan fingerprint density at radius 2 is 1.90 bits per heavy atom. The molecule has 2 heterocycles. The van der Waals surface area contributed by atoms with Gasteiger partial charge in [-0.25, -0.2) is 0 Å². The number of carbonyl (C=O) groups excluding carboxylic acids is 2. The molecule has 2 aromatic heterocycles. The van der Waals surface area contributed by atoms with Crippen molar-refractivity contribution in [2.45, 2.75) is 26.3 Å². The van der Waals surface area contributed by atoms with Crippen LogP contribution in [0.2, 0.25) is 0 Å². The average molecular weight is 428 g/mol. The SMILES string of the molecule is CCCN(CC(=O)N(CCC(N)=O)c1ccccc1)Cc1nnc(-c2cccs2)o1. The Labute approximate surface area is 179 Å². The maximum Gasteiger partial charge on any atom is 0.257 e. The number of thiophene rings is 1. The van der Waals surface area contributed by atoms with Crippen molar-refractivity contribution in [1.29, 1.82) is 0 Å². The van der Waals surface area contributed by atoms with Crippen LogP contribution in [0.3, 0.4) is 0 Å². The molecule has 2 N–H and O–H groups in total. The van der Waals surface area contributed by atoms with E-state index in [0.29, 0.717) is 24.9 Å². The van der Waals surface area contributed by atoms with Crippen molar-refractivity contribution in [2.24, 2.45) is 5.73 Å². The minimum absolute atomic E-state index is 0.0994. The van der Waals surface area contributed by atoms with Crippen LogP contribution in [0, 0.1) is 0 Å². The van der Waals surface area contributed by atoms with Crippen molar-refractivity contribution < 1.29 is 14.0 Å². The molecule has 0 aliphatic carbocycles. The smallest absolute Gasteiger partial charge is 0.257 e. The molecule has 0 bridgehead atoms. The van der Waals surface area contributed by atoms with Gasteiger partial charge in [-0.2, -0.15) is 0 Å². The van der Waals surface area contributed by atoms with E-state index in [9.17, 15) is 9.59 Å². The third-order valence-corrected chi connectivity index (χ3v) is 5.26. The van der Waals surface area contributed by atoms with E-state index < -0.39 is 5.91 Å². The summed E-state index contributed by atoms with van der Waals surface area (Å²) in [5, 5.41) is 10.2. The first-order valence-corrected chi connectivity index (χ1v) is 10.7. The molecule has 0 radical (unpaired) electrons. The molecular formula is C21H25N5O3S. The van der Waals surface area contributed by atoms with Crippen molar-refractivity contribution in [3.8, 4) is 10.8 Å². The zero-order valence-electron chi connectivity index (χ0n) is 16.9. The molecular weight excluding hydrogens is 402 g/mol. The van der Waals surface area contributed by atoms with Gasteiger partial charge in [0.1, 0.15) is 0 Å².